The number of carboxylic acid groups (broad SMARTS) is 1. The first-order valence-electron chi connectivity index (χ1n) is 5.49. The van der Waals surface area contributed by atoms with Gasteiger partial charge in [-0.1, -0.05) is 6.07 Å². The molecule has 0 bridgehead atoms. The summed E-state index contributed by atoms with van der Waals surface area (Å²) in [6.07, 6.45) is 3.35. The van der Waals surface area contributed by atoms with Gasteiger partial charge in [-0.3, -0.25) is 0 Å². The van der Waals surface area contributed by atoms with E-state index in [0.717, 1.165) is 12.8 Å². The second kappa shape index (κ2) is 3.30. The summed E-state index contributed by atoms with van der Waals surface area (Å²) in [6.45, 7) is 0.0203. The summed E-state index contributed by atoms with van der Waals surface area (Å²) in [5.74, 6) is -0.967. The first kappa shape index (κ1) is 10.3. The molecule has 1 aromatic heterocycles. The molecule has 2 aromatic rings. The Hall–Kier alpha value is -1.88. The molecule has 5 heteroatoms. The molecule has 1 aliphatic carbocycles. The van der Waals surface area contributed by atoms with Crippen LogP contribution < -0.4 is 0 Å². The van der Waals surface area contributed by atoms with Gasteiger partial charge in [-0.2, -0.15) is 0 Å². The van der Waals surface area contributed by atoms with Crippen LogP contribution in [0.15, 0.2) is 24.5 Å². The summed E-state index contributed by atoms with van der Waals surface area (Å²) in [4.78, 5) is 15.4. The second-order valence-electron chi connectivity index (χ2n) is 4.48. The van der Waals surface area contributed by atoms with Crippen LogP contribution in [0.2, 0.25) is 0 Å². The highest BCUT2D eigenvalue weighted by Crippen LogP contribution is 2.44. The zero-order chi connectivity index (χ0) is 12.0. The Balaban J connectivity index is 2.30. The quantitative estimate of drug-likeness (QED) is 0.834. The maximum atomic E-state index is 11.2. The minimum Gasteiger partial charge on any atom is -0.478 e. The minimum atomic E-state index is -0.967. The highest BCUT2D eigenvalue weighted by atomic mass is 16.4. The van der Waals surface area contributed by atoms with E-state index in [1.165, 1.54) is 0 Å². The largest absolute Gasteiger partial charge is 0.478 e. The summed E-state index contributed by atoms with van der Waals surface area (Å²) in [5.41, 5.74) is 1.16. The van der Waals surface area contributed by atoms with Crippen molar-refractivity contribution in [2.24, 2.45) is 0 Å². The van der Waals surface area contributed by atoms with Crippen molar-refractivity contribution in [2.75, 3.05) is 6.61 Å². The topological polar surface area (TPSA) is 75.3 Å². The summed E-state index contributed by atoms with van der Waals surface area (Å²) < 4.78 is 1.81. The third-order valence-corrected chi connectivity index (χ3v) is 3.43. The SMILES string of the molecule is O=C(O)c1cccc2ncn(C3(CO)CC3)c12. The highest BCUT2D eigenvalue weighted by Gasteiger charge is 2.45. The van der Waals surface area contributed by atoms with Crippen molar-refractivity contribution >= 4 is 17.0 Å². The first-order chi connectivity index (χ1) is 8.18. The van der Waals surface area contributed by atoms with Crippen molar-refractivity contribution in [1.29, 1.82) is 0 Å². The number of aliphatic hydroxyl groups excluding tert-OH is 1. The van der Waals surface area contributed by atoms with Crippen LogP contribution in [-0.2, 0) is 5.54 Å². The number of nitrogens with zero attached hydrogens (tertiary/aromatic N) is 2. The standard InChI is InChI=1S/C12H12N2O3/c15-6-12(4-5-12)14-7-13-9-3-1-2-8(10(9)14)11(16)17/h1-3,7,15H,4-6H2,(H,16,17). The van der Waals surface area contributed by atoms with E-state index in [1.807, 2.05) is 4.57 Å². The molecule has 17 heavy (non-hydrogen) atoms. The molecule has 1 fully saturated rings. The monoisotopic (exact) mass is 232 g/mol. The van der Waals surface area contributed by atoms with Crippen LogP contribution in [0.5, 0.6) is 0 Å². The van der Waals surface area contributed by atoms with E-state index in [0.29, 0.717) is 11.0 Å². The maximum Gasteiger partial charge on any atom is 0.337 e. The Kier molecular flexibility index (Phi) is 2.00. The predicted octanol–water partition coefficient (Wildman–Crippen LogP) is 1.22. The smallest absolute Gasteiger partial charge is 0.337 e. The summed E-state index contributed by atoms with van der Waals surface area (Å²) in [6, 6.07) is 5.03. The lowest BCUT2D eigenvalue weighted by molar-refractivity contribution is 0.0698. The van der Waals surface area contributed by atoms with Crippen LogP contribution in [0.4, 0.5) is 0 Å². The number of hydrogen-bond donors (Lipinski definition) is 2. The van der Waals surface area contributed by atoms with Gasteiger partial charge in [0.25, 0.3) is 0 Å². The van der Waals surface area contributed by atoms with Crippen molar-refractivity contribution in [3.63, 3.8) is 0 Å². The van der Waals surface area contributed by atoms with Crippen LogP contribution in [0.25, 0.3) is 11.0 Å². The average Bonchev–Trinajstić information content (AvgIpc) is 3.01. The average molecular weight is 232 g/mol. The molecule has 0 spiro atoms. The van der Waals surface area contributed by atoms with Gasteiger partial charge in [0.05, 0.1) is 35.1 Å². The van der Waals surface area contributed by atoms with Crippen LogP contribution in [0.3, 0.4) is 0 Å². The lowest BCUT2D eigenvalue weighted by Gasteiger charge is -2.15. The van der Waals surface area contributed by atoms with Gasteiger partial charge in [-0.25, -0.2) is 9.78 Å². The second-order valence-corrected chi connectivity index (χ2v) is 4.48. The van der Waals surface area contributed by atoms with Crippen molar-refractivity contribution < 1.29 is 15.0 Å². The number of fused-ring (bicyclic) bond motifs is 1. The molecule has 3 rings (SSSR count). The van der Waals surface area contributed by atoms with Gasteiger partial charge in [0.2, 0.25) is 0 Å². The number of carbonyl (C=O) groups is 1. The Morgan fingerprint density at radius 1 is 1.47 bits per heavy atom. The molecule has 88 valence electrons. The van der Waals surface area contributed by atoms with Gasteiger partial charge in [0.15, 0.2) is 0 Å². The number of imidazole rings is 1. The molecular weight excluding hydrogens is 220 g/mol. The van der Waals surface area contributed by atoms with Gasteiger partial charge in [0, 0.05) is 0 Å². The molecule has 1 aliphatic rings. The molecule has 0 radical (unpaired) electrons. The molecule has 0 unspecified atom stereocenters. The number of benzene rings is 1. The summed E-state index contributed by atoms with van der Waals surface area (Å²) >= 11 is 0. The molecule has 0 atom stereocenters. The number of aliphatic hydroxyl groups is 1. The molecule has 0 aliphatic heterocycles. The van der Waals surface area contributed by atoms with Gasteiger partial charge >= 0.3 is 5.97 Å². The normalized spacial score (nSPS) is 17.2. The van der Waals surface area contributed by atoms with Crippen LogP contribution in [0.1, 0.15) is 23.2 Å². The van der Waals surface area contributed by atoms with Crippen molar-refractivity contribution in [1.82, 2.24) is 9.55 Å². The van der Waals surface area contributed by atoms with E-state index < -0.39 is 5.97 Å². The first-order valence-corrected chi connectivity index (χ1v) is 5.49. The number of aromatic carboxylic acids is 1. The Labute approximate surface area is 97.3 Å². The van der Waals surface area contributed by atoms with Crippen LogP contribution in [-0.4, -0.2) is 32.3 Å². The van der Waals surface area contributed by atoms with Crippen molar-refractivity contribution in [3.8, 4) is 0 Å². The number of hydrogen-bond acceptors (Lipinski definition) is 3. The highest BCUT2D eigenvalue weighted by molar-refractivity contribution is 6.01. The summed E-state index contributed by atoms with van der Waals surface area (Å²) in [5, 5.41) is 18.6. The fourth-order valence-corrected chi connectivity index (χ4v) is 2.22. The number of rotatable bonds is 3. The molecule has 5 nitrogen and oxygen atoms in total. The number of aromatic nitrogens is 2. The Morgan fingerprint density at radius 2 is 2.24 bits per heavy atom. The van der Waals surface area contributed by atoms with Gasteiger partial charge in [-0.15, -0.1) is 0 Å². The molecule has 1 heterocycles. The molecule has 0 saturated heterocycles. The van der Waals surface area contributed by atoms with E-state index in [4.69, 9.17) is 0 Å². The third-order valence-electron chi connectivity index (χ3n) is 3.43. The molecule has 1 saturated carbocycles. The fraction of sp³-hybridized carbons (Fsp3) is 0.333. The van der Waals surface area contributed by atoms with E-state index >= 15 is 0 Å². The molecular formula is C12H12N2O3. The molecule has 0 amide bonds. The zero-order valence-corrected chi connectivity index (χ0v) is 9.13. The zero-order valence-electron chi connectivity index (χ0n) is 9.13. The summed E-state index contributed by atoms with van der Waals surface area (Å²) in [7, 11) is 0. The van der Waals surface area contributed by atoms with Crippen molar-refractivity contribution in [2.45, 2.75) is 18.4 Å². The Morgan fingerprint density at radius 3 is 2.82 bits per heavy atom. The van der Waals surface area contributed by atoms with Gasteiger partial charge in [-0.05, 0) is 25.0 Å². The van der Waals surface area contributed by atoms with E-state index in [2.05, 4.69) is 4.98 Å². The number of para-hydroxylation sites is 1. The van der Waals surface area contributed by atoms with Crippen LogP contribution >= 0.6 is 0 Å². The van der Waals surface area contributed by atoms with Gasteiger partial charge < -0.3 is 14.8 Å². The van der Waals surface area contributed by atoms with Crippen LogP contribution in [0, 0.1) is 0 Å². The van der Waals surface area contributed by atoms with E-state index in [-0.39, 0.29) is 17.7 Å². The number of carboxylic acids is 1. The molecule has 1 aromatic carbocycles. The molecule has 2 N–H and O–H groups in total. The van der Waals surface area contributed by atoms with Gasteiger partial charge in [0.1, 0.15) is 0 Å². The Bertz CT molecular complexity index is 599. The fourth-order valence-electron chi connectivity index (χ4n) is 2.22. The lowest BCUT2D eigenvalue weighted by Crippen LogP contribution is -2.21. The van der Waals surface area contributed by atoms with E-state index in [1.54, 1.807) is 24.5 Å². The third kappa shape index (κ3) is 1.36. The van der Waals surface area contributed by atoms with Crippen molar-refractivity contribution in [3.05, 3.63) is 30.1 Å². The lowest BCUT2D eigenvalue weighted by atomic mass is 10.1. The predicted molar refractivity (Wildman–Crippen MR) is 61.0 cm³/mol. The maximum absolute atomic E-state index is 11.2. The van der Waals surface area contributed by atoms with E-state index in [9.17, 15) is 15.0 Å². The minimum absolute atomic E-state index is 0.0203.